The van der Waals surface area contributed by atoms with E-state index in [2.05, 4.69) is 20.3 Å². The summed E-state index contributed by atoms with van der Waals surface area (Å²) in [6, 6.07) is -0.0557. The molecule has 0 bridgehead atoms. The maximum Gasteiger partial charge on any atom is 0.340 e. The molecule has 1 aliphatic heterocycles. The molecule has 3 rings (SSSR count). The number of allylic oxidation sites excluding steroid dienone is 1. The van der Waals surface area contributed by atoms with Gasteiger partial charge in [-0.2, -0.15) is 9.97 Å². The highest BCUT2D eigenvalue weighted by Gasteiger charge is 2.35. The van der Waals surface area contributed by atoms with Gasteiger partial charge in [0.05, 0.1) is 25.6 Å². The number of halogens is 2. The van der Waals surface area contributed by atoms with Gasteiger partial charge in [0.15, 0.2) is 35.3 Å². The van der Waals surface area contributed by atoms with Gasteiger partial charge in [0.25, 0.3) is 0 Å². The van der Waals surface area contributed by atoms with E-state index >= 15 is 4.39 Å². The molecule has 2 aromatic heterocycles. The Morgan fingerprint density at radius 1 is 1.39 bits per heavy atom. The minimum absolute atomic E-state index is 0.0162. The minimum atomic E-state index is -4.88. The number of hydrogen-bond acceptors (Lipinski definition) is 10. The molecule has 36 heavy (non-hydrogen) atoms. The standard InChI is InChI=1S/C18H27ClFN5O9P2/c1-2-3-10(6-34-36(31,32)9-35(28,29)30)14(26)12(20)17(27)25-8-21-13-15(22-11-4-5-33-7-11)23-18(19)24-16(13)25/h3,8,11-12,14,17,26-27H,2,4-7,9H2,1H3,(H,31,32)(H,22,23,24)(H2,28,29,30)/b10-3-/t11-,12+,14-,17-/m1/s1. The van der Waals surface area contributed by atoms with Crippen LogP contribution in [0.1, 0.15) is 26.0 Å². The van der Waals surface area contributed by atoms with E-state index in [4.69, 9.17) is 30.6 Å². The first-order valence-electron chi connectivity index (χ1n) is 10.8. The number of aliphatic hydroxyl groups excluding tert-OH is 2. The molecule has 3 heterocycles. The molecule has 0 aromatic carbocycles. The zero-order chi connectivity index (χ0) is 26.7. The molecule has 202 valence electrons. The molecule has 0 amide bonds. The predicted octanol–water partition coefficient (Wildman–Crippen LogP) is 1.54. The second-order valence-electron chi connectivity index (χ2n) is 8.08. The summed E-state index contributed by atoms with van der Waals surface area (Å²) in [6.07, 6.45) is -3.06. The number of nitrogens with zero attached hydrogens (tertiary/aromatic N) is 4. The maximum absolute atomic E-state index is 15.3. The van der Waals surface area contributed by atoms with E-state index < -0.39 is 46.2 Å². The van der Waals surface area contributed by atoms with E-state index in [0.29, 0.717) is 13.2 Å². The third-order valence-electron chi connectivity index (χ3n) is 5.18. The fourth-order valence-electron chi connectivity index (χ4n) is 3.52. The molecule has 1 aliphatic rings. The number of anilines is 1. The third kappa shape index (κ3) is 7.51. The summed E-state index contributed by atoms with van der Waals surface area (Å²) in [5.41, 5.74) is -0.0411. The van der Waals surface area contributed by atoms with Crippen molar-refractivity contribution in [3.8, 4) is 0 Å². The van der Waals surface area contributed by atoms with Crippen LogP contribution in [0.2, 0.25) is 5.28 Å². The molecule has 1 fully saturated rings. The van der Waals surface area contributed by atoms with Crippen molar-refractivity contribution >= 4 is 43.8 Å². The van der Waals surface area contributed by atoms with E-state index in [9.17, 15) is 24.2 Å². The quantitative estimate of drug-likeness (QED) is 0.121. The van der Waals surface area contributed by atoms with E-state index in [1.807, 2.05) is 0 Å². The zero-order valence-electron chi connectivity index (χ0n) is 19.0. The van der Waals surface area contributed by atoms with Gasteiger partial charge in [-0.25, -0.2) is 9.37 Å². The highest BCUT2D eigenvalue weighted by Crippen LogP contribution is 2.55. The summed E-state index contributed by atoms with van der Waals surface area (Å²) in [5, 5.41) is 24.2. The molecular weight excluding hydrogens is 547 g/mol. The number of alkyl halides is 1. The van der Waals surface area contributed by atoms with E-state index in [-0.39, 0.29) is 40.3 Å². The molecule has 6 N–H and O–H groups in total. The van der Waals surface area contributed by atoms with Crippen LogP contribution in [0.15, 0.2) is 18.0 Å². The highest BCUT2D eigenvalue weighted by atomic mass is 35.5. The van der Waals surface area contributed by atoms with Crippen molar-refractivity contribution in [1.82, 2.24) is 19.5 Å². The number of aliphatic hydroxyl groups is 2. The fourth-order valence-corrected chi connectivity index (χ4v) is 6.23. The molecule has 18 heteroatoms. The van der Waals surface area contributed by atoms with Gasteiger partial charge in [-0.3, -0.25) is 13.7 Å². The Morgan fingerprint density at radius 2 is 2.11 bits per heavy atom. The van der Waals surface area contributed by atoms with E-state index in [1.165, 1.54) is 6.08 Å². The van der Waals surface area contributed by atoms with Gasteiger partial charge in [-0.15, -0.1) is 0 Å². The largest absolute Gasteiger partial charge is 0.385 e. The lowest BCUT2D eigenvalue weighted by Crippen LogP contribution is -2.34. The number of imidazole rings is 1. The fraction of sp³-hybridized carbons (Fsp3) is 0.611. The van der Waals surface area contributed by atoms with Gasteiger partial charge >= 0.3 is 15.2 Å². The van der Waals surface area contributed by atoms with Crippen LogP contribution in [0.5, 0.6) is 0 Å². The van der Waals surface area contributed by atoms with E-state index in [0.717, 1.165) is 17.3 Å². The first-order chi connectivity index (χ1) is 16.8. The van der Waals surface area contributed by atoms with Crippen LogP contribution < -0.4 is 5.32 Å². The smallest absolute Gasteiger partial charge is 0.340 e. The van der Waals surface area contributed by atoms with Crippen LogP contribution in [-0.4, -0.2) is 88.5 Å². The lowest BCUT2D eigenvalue weighted by molar-refractivity contribution is -0.0352. The van der Waals surface area contributed by atoms with Gasteiger partial charge in [0, 0.05) is 6.61 Å². The molecule has 0 spiro atoms. The lowest BCUT2D eigenvalue weighted by Gasteiger charge is -2.25. The number of rotatable bonds is 12. The van der Waals surface area contributed by atoms with Gasteiger partial charge in [0.2, 0.25) is 5.28 Å². The maximum atomic E-state index is 15.3. The van der Waals surface area contributed by atoms with Crippen molar-refractivity contribution in [3.63, 3.8) is 0 Å². The topological polar surface area (TPSA) is 209 Å². The average molecular weight is 574 g/mol. The van der Waals surface area contributed by atoms with Crippen molar-refractivity contribution in [1.29, 1.82) is 0 Å². The minimum Gasteiger partial charge on any atom is -0.385 e. The van der Waals surface area contributed by atoms with Crippen LogP contribution in [0, 0.1) is 0 Å². The number of fused-ring (bicyclic) bond motifs is 1. The summed E-state index contributed by atoms with van der Waals surface area (Å²) >= 11 is 6.02. The van der Waals surface area contributed by atoms with Crippen molar-refractivity contribution in [2.24, 2.45) is 0 Å². The molecule has 1 unspecified atom stereocenters. The summed E-state index contributed by atoms with van der Waals surface area (Å²) in [4.78, 5) is 39.7. The molecule has 14 nitrogen and oxygen atoms in total. The van der Waals surface area contributed by atoms with Crippen LogP contribution >= 0.6 is 26.8 Å². The van der Waals surface area contributed by atoms with Crippen LogP contribution in [0.25, 0.3) is 11.2 Å². The normalized spacial score (nSPS) is 21.3. The highest BCUT2D eigenvalue weighted by molar-refractivity contribution is 7.70. The van der Waals surface area contributed by atoms with Crippen molar-refractivity contribution in [2.75, 3.05) is 31.0 Å². The Labute approximate surface area is 209 Å². The number of hydrogen-bond donors (Lipinski definition) is 6. The second-order valence-corrected chi connectivity index (χ2v) is 12.4. The number of nitrogens with one attached hydrogen (secondary N) is 1. The summed E-state index contributed by atoms with van der Waals surface area (Å²) in [7, 11) is -9.63. The molecule has 0 aliphatic carbocycles. The SMILES string of the molecule is CC/C=C(/COP(=O)(O)CP(=O)(O)O)[C@@H](O)[C@H](F)[C@@H](O)n1cnc2c(N[C@@H]3CCOC3)nc(Cl)nc21. The Hall–Kier alpha value is -1.51. The van der Waals surface area contributed by atoms with Gasteiger partial charge < -0.3 is 39.5 Å². The average Bonchev–Trinajstić information content (AvgIpc) is 3.43. The molecular formula is C18H27ClFN5O9P2. The van der Waals surface area contributed by atoms with Crippen LogP contribution in [-0.2, 0) is 18.4 Å². The first kappa shape index (κ1) is 29.1. The van der Waals surface area contributed by atoms with E-state index in [1.54, 1.807) is 6.92 Å². The Morgan fingerprint density at radius 3 is 2.72 bits per heavy atom. The summed E-state index contributed by atoms with van der Waals surface area (Å²) in [5.74, 6) is -1.19. The number of aromatic nitrogens is 4. The van der Waals surface area contributed by atoms with Gasteiger partial charge in [0.1, 0.15) is 6.10 Å². The molecule has 1 saturated heterocycles. The predicted molar refractivity (Wildman–Crippen MR) is 126 cm³/mol. The first-order valence-corrected chi connectivity index (χ1v) is 14.7. The molecule has 2 aromatic rings. The molecule has 0 saturated carbocycles. The van der Waals surface area contributed by atoms with Crippen molar-refractivity contribution in [2.45, 2.75) is 44.3 Å². The zero-order valence-corrected chi connectivity index (χ0v) is 21.6. The van der Waals surface area contributed by atoms with Crippen molar-refractivity contribution in [3.05, 3.63) is 23.3 Å². The Bertz CT molecular complexity index is 1190. The molecule has 0 radical (unpaired) electrons. The summed E-state index contributed by atoms with van der Waals surface area (Å²) < 4.78 is 49.2. The van der Waals surface area contributed by atoms with Crippen LogP contribution in [0.3, 0.4) is 0 Å². The van der Waals surface area contributed by atoms with Crippen molar-refractivity contribution < 1.29 is 47.7 Å². The second kappa shape index (κ2) is 11.9. The summed E-state index contributed by atoms with van der Waals surface area (Å²) in [6.45, 7) is 1.83. The Balaban J connectivity index is 1.79. The third-order valence-corrected chi connectivity index (χ3v) is 8.78. The monoisotopic (exact) mass is 573 g/mol. The molecule has 5 atom stereocenters. The van der Waals surface area contributed by atoms with Gasteiger partial charge in [-0.1, -0.05) is 13.0 Å². The lowest BCUT2D eigenvalue weighted by atomic mass is 10.0. The number of ether oxygens (including phenoxy) is 1. The Kier molecular flexibility index (Phi) is 9.61. The van der Waals surface area contributed by atoms with Gasteiger partial charge in [-0.05, 0) is 30.0 Å². The van der Waals surface area contributed by atoms with Crippen LogP contribution in [0.4, 0.5) is 10.2 Å².